The minimum absolute atomic E-state index is 0.0363. The zero-order valence-electron chi connectivity index (χ0n) is 14.7. The van der Waals surface area contributed by atoms with Crippen molar-refractivity contribution in [3.63, 3.8) is 0 Å². The van der Waals surface area contributed by atoms with Gasteiger partial charge in [-0.15, -0.1) is 0 Å². The van der Waals surface area contributed by atoms with Crippen LogP contribution < -0.4 is 0 Å². The number of likely N-dealkylation sites (N-methyl/N-ethyl adjacent to an activating group) is 1. The number of nitrogens with zero attached hydrogens (tertiary/aromatic N) is 1. The Labute approximate surface area is 138 Å². The monoisotopic (exact) mass is 320 g/mol. The van der Waals surface area contributed by atoms with E-state index < -0.39 is 0 Å². The van der Waals surface area contributed by atoms with Crippen LogP contribution in [0.25, 0.3) is 0 Å². The molecule has 0 bridgehead atoms. The maximum atomic E-state index is 12.6. The predicted octanol–water partition coefficient (Wildman–Crippen LogP) is 3.26. The lowest BCUT2D eigenvalue weighted by Gasteiger charge is -2.30. The van der Waals surface area contributed by atoms with Gasteiger partial charge in [-0.2, -0.15) is 0 Å². The van der Waals surface area contributed by atoms with Gasteiger partial charge in [0.2, 0.25) is 0 Å². The second-order valence-electron chi connectivity index (χ2n) is 6.48. The number of carbonyl (C=O) groups excluding carboxylic acids is 2. The van der Waals surface area contributed by atoms with Crippen molar-refractivity contribution in [1.29, 1.82) is 0 Å². The number of hydrogen-bond donors (Lipinski definition) is 1. The van der Waals surface area contributed by atoms with Gasteiger partial charge in [-0.3, -0.25) is 9.69 Å². The molecule has 1 aliphatic rings. The van der Waals surface area contributed by atoms with E-state index in [1.54, 1.807) is 13.8 Å². The number of aryl methyl sites for hydroxylation is 1. The lowest BCUT2D eigenvalue weighted by molar-refractivity contribution is 0.0525. The molecular formula is C18H28N2O3. The average Bonchev–Trinajstić information content (AvgIpc) is 2.83. The zero-order chi connectivity index (χ0) is 17.0. The molecule has 0 aliphatic heterocycles. The minimum Gasteiger partial charge on any atom is -0.462 e. The van der Waals surface area contributed by atoms with Crippen LogP contribution in [0.2, 0.25) is 0 Å². The number of aromatic amines is 1. The van der Waals surface area contributed by atoms with E-state index >= 15 is 0 Å². The number of aromatic nitrogens is 1. The Kier molecular flexibility index (Phi) is 5.99. The third-order valence-corrected chi connectivity index (χ3v) is 4.79. The Balaban J connectivity index is 2.10. The summed E-state index contributed by atoms with van der Waals surface area (Å²) in [7, 11) is 2.02. The van der Waals surface area contributed by atoms with Gasteiger partial charge in [0.1, 0.15) is 0 Å². The molecule has 0 unspecified atom stereocenters. The highest BCUT2D eigenvalue weighted by Crippen LogP contribution is 2.23. The first-order chi connectivity index (χ1) is 11.0. The SMILES string of the molecule is CCOC(=O)c1c(C)[nH]c(C(=O)CN(C)C2CCCCC2)c1C. The predicted molar refractivity (Wildman–Crippen MR) is 90.1 cm³/mol. The van der Waals surface area contributed by atoms with E-state index in [4.69, 9.17) is 4.74 Å². The standard InChI is InChI=1S/C18H28N2O3/c1-5-23-18(22)16-12(2)17(19-13(16)3)15(21)11-20(4)14-9-7-6-8-10-14/h14,19H,5-11H2,1-4H3. The van der Waals surface area contributed by atoms with Gasteiger partial charge in [-0.25, -0.2) is 4.79 Å². The number of hydrogen-bond acceptors (Lipinski definition) is 4. The number of carbonyl (C=O) groups is 2. The molecule has 2 rings (SSSR count). The minimum atomic E-state index is -0.363. The third-order valence-electron chi connectivity index (χ3n) is 4.79. The molecule has 0 amide bonds. The van der Waals surface area contributed by atoms with Crippen molar-refractivity contribution in [1.82, 2.24) is 9.88 Å². The molecule has 0 radical (unpaired) electrons. The molecule has 1 N–H and O–H groups in total. The lowest BCUT2D eigenvalue weighted by atomic mass is 9.94. The van der Waals surface area contributed by atoms with Crippen LogP contribution in [0, 0.1) is 13.8 Å². The fourth-order valence-corrected chi connectivity index (χ4v) is 3.49. The molecule has 5 nitrogen and oxygen atoms in total. The van der Waals surface area contributed by atoms with Gasteiger partial charge in [0.15, 0.2) is 5.78 Å². The highest BCUT2D eigenvalue weighted by Gasteiger charge is 2.25. The maximum absolute atomic E-state index is 12.6. The summed E-state index contributed by atoms with van der Waals surface area (Å²) in [6, 6.07) is 0.494. The number of esters is 1. The van der Waals surface area contributed by atoms with Crippen molar-refractivity contribution < 1.29 is 14.3 Å². The molecule has 0 aromatic carbocycles. The summed E-state index contributed by atoms with van der Waals surface area (Å²) in [4.78, 5) is 29.9. The molecule has 1 heterocycles. The van der Waals surface area contributed by atoms with E-state index in [0.717, 1.165) is 0 Å². The Bertz CT molecular complexity index is 571. The van der Waals surface area contributed by atoms with Crippen molar-refractivity contribution in [3.05, 3.63) is 22.5 Å². The van der Waals surface area contributed by atoms with Crippen LogP contribution in [0.4, 0.5) is 0 Å². The van der Waals surface area contributed by atoms with Crippen LogP contribution in [-0.2, 0) is 4.74 Å². The zero-order valence-corrected chi connectivity index (χ0v) is 14.7. The summed E-state index contributed by atoms with van der Waals surface area (Å²) < 4.78 is 5.08. The molecule has 0 spiro atoms. The normalized spacial score (nSPS) is 15.9. The molecule has 1 aromatic rings. The summed E-state index contributed by atoms with van der Waals surface area (Å²) in [5, 5.41) is 0. The van der Waals surface area contributed by atoms with Gasteiger partial charge in [-0.05, 0) is 46.2 Å². The number of ketones is 1. The highest BCUT2D eigenvalue weighted by molar-refractivity contribution is 6.02. The second kappa shape index (κ2) is 7.77. The molecule has 1 fully saturated rings. The Morgan fingerprint density at radius 1 is 1.22 bits per heavy atom. The van der Waals surface area contributed by atoms with E-state index in [2.05, 4.69) is 9.88 Å². The van der Waals surface area contributed by atoms with Gasteiger partial charge in [0.05, 0.1) is 24.4 Å². The van der Waals surface area contributed by atoms with Gasteiger partial charge in [0, 0.05) is 11.7 Å². The van der Waals surface area contributed by atoms with E-state index in [0.29, 0.717) is 41.7 Å². The number of H-pyrrole nitrogens is 1. The van der Waals surface area contributed by atoms with Crippen LogP contribution in [0.5, 0.6) is 0 Å². The van der Waals surface area contributed by atoms with Crippen molar-refractivity contribution in [2.75, 3.05) is 20.2 Å². The fourth-order valence-electron chi connectivity index (χ4n) is 3.49. The molecule has 1 aromatic heterocycles. The smallest absolute Gasteiger partial charge is 0.340 e. The fraction of sp³-hybridized carbons (Fsp3) is 0.667. The maximum Gasteiger partial charge on any atom is 0.340 e. The molecule has 0 atom stereocenters. The van der Waals surface area contributed by atoms with Crippen LogP contribution in [0.3, 0.4) is 0 Å². The first kappa shape index (κ1) is 17.7. The van der Waals surface area contributed by atoms with E-state index in [9.17, 15) is 9.59 Å². The summed E-state index contributed by atoms with van der Waals surface area (Å²) in [6.07, 6.45) is 6.13. The van der Waals surface area contributed by atoms with Crippen molar-refractivity contribution >= 4 is 11.8 Å². The molecule has 0 saturated heterocycles. The van der Waals surface area contributed by atoms with Crippen LogP contribution >= 0.6 is 0 Å². The van der Waals surface area contributed by atoms with Crippen LogP contribution in [-0.4, -0.2) is 47.9 Å². The Morgan fingerprint density at radius 3 is 2.48 bits per heavy atom. The second-order valence-corrected chi connectivity index (χ2v) is 6.48. The Morgan fingerprint density at radius 2 is 1.87 bits per heavy atom. The molecule has 1 saturated carbocycles. The highest BCUT2D eigenvalue weighted by atomic mass is 16.5. The average molecular weight is 320 g/mol. The number of rotatable bonds is 6. The molecular weight excluding hydrogens is 292 g/mol. The summed E-state index contributed by atoms with van der Waals surface area (Å²) in [5.74, 6) is -0.326. The summed E-state index contributed by atoms with van der Waals surface area (Å²) in [5.41, 5.74) is 2.43. The van der Waals surface area contributed by atoms with Crippen LogP contribution in [0.15, 0.2) is 0 Å². The first-order valence-electron chi connectivity index (χ1n) is 8.55. The van der Waals surface area contributed by atoms with E-state index in [-0.39, 0.29) is 11.8 Å². The lowest BCUT2D eigenvalue weighted by Crippen LogP contribution is -2.37. The van der Waals surface area contributed by atoms with Gasteiger partial charge in [0.25, 0.3) is 0 Å². The third kappa shape index (κ3) is 4.02. The quantitative estimate of drug-likeness (QED) is 0.645. The van der Waals surface area contributed by atoms with Crippen molar-refractivity contribution in [2.24, 2.45) is 0 Å². The summed E-state index contributed by atoms with van der Waals surface area (Å²) in [6.45, 7) is 6.11. The van der Waals surface area contributed by atoms with Crippen molar-refractivity contribution in [2.45, 2.75) is 58.9 Å². The molecule has 128 valence electrons. The van der Waals surface area contributed by atoms with Crippen molar-refractivity contribution in [3.8, 4) is 0 Å². The van der Waals surface area contributed by atoms with Gasteiger partial charge >= 0.3 is 5.97 Å². The van der Waals surface area contributed by atoms with Gasteiger partial charge in [-0.1, -0.05) is 19.3 Å². The van der Waals surface area contributed by atoms with E-state index in [1.807, 2.05) is 14.0 Å². The van der Waals surface area contributed by atoms with E-state index in [1.165, 1.54) is 32.1 Å². The topological polar surface area (TPSA) is 62.4 Å². The molecule has 5 heteroatoms. The number of ether oxygens (including phenoxy) is 1. The van der Waals surface area contributed by atoms with Gasteiger partial charge < -0.3 is 9.72 Å². The largest absolute Gasteiger partial charge is 0.462 e. The van der Waals surface area contributed by atoms with Crippen LogP contribution in [0.1, 0.15) is 71.1 Å². The molecule has 1 aliphatic carbocycles. The number of nitrogens with one attached hydrogen (secondary N) is 1. The Hall–Kier alpha value is -1.62. The first-order valence-corrected chi connectivity index (χ1v) is 8.55. The molecule has 23 heavy (non-hydrogen) atoms. The summed E-state index contributed by atoms with van der Waals surface area (Å²) >= 11 is 0. The number of Topliss-reactive ketones (excluding diaryl/α,β-unsaturated/α-hetero) is 1.